The Morgan fingerprint density at radius 1 is 1.43 bits per heavy atom. The van der Waals surface area contributed by atoms with Crippen LogP contribution in [0, 0.1) is 11.3 Å². The summed E-state index contributed by atoms with van der Waals surface area (Å²) >= 11 is 4.45. The van der Waals surface area contributed by atoms with Crippen molar-refractivity contribution in [2.24, 2.45) is 5.73 Å². The van der Waals surface area contributed by atoms with Crippen molar-refractivity contribution in [1.29, 1.82) is 5.26 Å². The molecule has 0 aliphatic heterocycles. The number of rotatable bonds is 6. The first kappa shape index (κ1) is 19.9. The lowest BCUT2D eigenvalue weighted by Crippen LogP contribution is -2.24. The SMILES string of the molecule is C/C(N)=C(/C#N)C(=O)CSc1nc2ccc(Br)cc2c(=O)n1Cc1ccco1. The van der Waals surface area contributed by atoms with Gasteiger partial charge in [0.1, 0.15) is 17.4 Å². The summed E-state index contributed by atoms with van der Waals surface area (Å²) in [4.78, 5) is 29.9. The molecular formula is C19H15BrN4O3S. The highest BCUT2D eigenvalue weighted by molar-refractivity contribution is 9.10. The molecular weight excluding hydrogens is 444 g/mol. The molecule has 142 valence electrons. The third-order valence-electron chi connectivity index (χ3n) is 3.89. The molecule has 0 radical (unpaired) electrons. The number of carbonyl (C=O) groups is 1. The molecule has 0 saturated carbocycles. The summed E-state index contributed by atoms with van der Waals surface area (Å²) in [6.07, 6.45) is 1.52. The van der Waals surface area contributed by atoms with Gasteiger partial charge >= 0.3 is 0 Å². The van der Waals surface area contributed by atoms with Gasteiger partial charge in [-0.2, -0.15) is 5.26 Å². The van der Waals surface area contributed by atoms with Gasteiger partial charge < -0.3 is 10.2 Å². The summed E-state index contributed by atoms with van der Waals surface area (Å²) < 4.78 is 7.58. The van der Waals surface area contributed by atoms with E-state index in [2.05, 4.69) is 20.9 Å². The first-order valence-electron chi connectivity index (χ1n) is 8.15. The maximum Gasteiger partial charge on any atom is 0.262 e. The van der Waals surface area contributed by atoms with E-state index in [4.69, 9.17) is 15.4 Å². The second-order valence-corrected chi connectivity index (χ2v) is 7.77. The van der Waals surface area contributed by atoms with Crippen LogP contribution in [0.25, 0.3) is 10.9 Å². The molecule has 3 rings (SSSR count). The molecule has 0 unspecified atom stereocenters. The van der Waals surface area contributed by atoms with Crippen LogP contribution in [0.1, 0.15) is 12.7 Å². The van der Waals surface area contributed by atoms with Gasteiger partial charge in [-0.1, -0.05) is 27.7 Å². The van der Waals surface area contributed by atoms with Crippen molar-refractivity contribution in [3.63, 3.8) is 0 Å². The molecule has 3 aromatic rings. The number of ketones is 1. The fourth-order valence-corrected chi connectivity index (χ4v) is 3.79. The van der Waals surface area contributed by atoms with E-state index in [9.17, 15) is 9.59 Å². The van der Waals surface area contributed by atoms with Gasteiger partial charge in [-0.25, -0.2) is 4.98 Å². The van der Waals surface area contributed by atoms with Crippen molar-refractivity contribution in [3.05, 3.63) is 68.5 Å². The standard InChI is InChI=1S/C19H15BrN4O3S/c1-11(22)15(8-21)17(25)10-28-19-23-16-5-4-12(20)7-14(16)18(26)24(19)9-13-3-2-6-27-13/h2-7H,9-10,22H2,1H3/b15-11+. The number of furan rings is 1. The molecule has 0 atom stereocenters. The van der Waals surface area contributed by atoms with E-state index < -0.39 is 5.78 Å². The zero-order valence-corrected chi connectivity index (χ0v) is 17.2. The number of aromatic nitrogens is 2. The Hall–Kier alpha value is -2.83. The van der Waals surface area contributed by atoms with Gasteiger partial charge in [0.25, 0.3) is 5.56 Å². The number of hydrogen-bond donors (Lipinski definition) is 1. The van der Waals surface area contributed by atoms with Crippen molar-refractivity contribution >= 4 is 44.4 Å². The number of nitrogens with zero attached hydrogens (tertiary/aromatic N) is 3. The third kappa shape index (κ3) is 4.18. The van der Waals surface area contributed by atoms with Crippen molar-refractivity contribution in [1.82, 2.24) is 9.55 Å². The fourth-order valence-electron chi connectivity index (χ4n) is 2.55. The van der Waals surface area contributed by atoms with Crippen LogP contribution in [0.2, 0.25) is 0 Å². The number of carbonyl (C=O) groups excluding carboxylic acids is 1. The zero-order valence-electron chi connectivity index (χ0n) is 14.8. The lowest BCUT2D eigenvalue weighted by atomic mass is 10.2. The summed E-state index contributed by atoms with van der Waals surface area (Å²) in [6.45, 7) is 1.68. The fraction of sp³-hybridized carbons (Fsp3) is 0.158. The molecule has 0 spiro atoms. The van der Waals surface area contributed by atoms with Crippen molar-refractivity contribution in [2.45, 2.75) is 18.6 Å². The maximum absolute atomic E-state index is 13.1. The van der Waals surface area contributed by atoms with Crippen LogP contribution in [0.3, 0.4) is 0 Å². The molecule has 7 nitrogen and oxygen atoms in total. The van der Waals surface area contributed by atoms with Gasteiger partial charge in [0.05, 0.1) is 29.5 Å². The van der Waals surface area contributed by atoms with Crippen molar-refractivity contribution < 1.29 is 9.21 Å². The van der Waals surface area contributed by atoms with Crippen molar-refractivity contribution in [2.75, 3.05) is 5.75 Å². The van der Waals surface area contributed by atoms with Crippen LogP contribution in [0.5, 0.6) is 0 Å². The molecule has 2 heterocycles. The number of Topliss-reactive ketones (excluding diaryl/α,β-unsaturated/α-hetero) is 1. The Morgan fingerprint density at radius 2 is 2.21 bits per heavy atom. The normalized spacial score (nSPS) is 11.9. The monoisotopic (exact) mass is 458 g/mol. The molecule has 28 heavy (non-hydrogen) atoms. The quantitative estimate of drug-likeness (QED) is 0.261. The smallest absolute Gasteiger partial charge is 0.262 e. The molecule has 2 aromatic heterocycles. The van der Waals surface area contributed by atoms with E-state index >= 15 is 0 Å². The zero-order chi connectivity index (χ0) is 20.3. The molecule has 0 aliphatic rings. The molecule has 0 amide bonds. The highest BCUT2D eigenvalue weighted by Gasteiger charge is 2.17. The van der Waals surface area contributed by atoms with E-state index in [0.717, 1.165) is 16.2 Å². The first-order valence-corrected chi connectivity index (χ1v) is 9.93. The van der Waals surface area contributed by atoms with Crippen LogP contribution in [0.15, 0.2) is 66.7 Å². The number of fused-ring (bicyclic) bond motifs is 1. The highest BCUT2D eigenvalue weighted by atomic mass is 79.9. The summed E-state index contributed by atoms with van der Waals surface area (Å²) in [5.41, 5.74) is 5.94. The number of thioether (sulfide) groups is 1. The summed E-state index contributed by atoms with van der Waals surface area (Å²) in [6, 6.07) is 10.5. The van der Waals surface area contributed by atoms with Crippen LogP contribution in [0.4, 0.5) is 0 Å². The van der Waals surface area contributed by atoms with E-state index in [1.165, 1.54) is 17.8 Å². The van der Waals surface area contributed by atoms with Gasteiger partial charge in [0, 0.05) is 10.2 Å². The Morgan fingerprint density at radius 3 is 2.86 bits per heavy atom. The average Bonchev–Trinajstić information content (AvgIpc) is 3.16. The Bertz CT molecular complexity index is 1170. The molecule has 0 aliphatic carbocycles. The van der Waals surface area contributed by atoms with Crippen molar-refractivity contribution in [3.8, 4) is 6.07 Å². The highest BCUT2D eigenvalue weighted by Crippen LogP contribution is 2.22. The minimum absolute atomic E-state index is 0.0654. The van der Waals surface area contributed by atoms with E-state index in [1.54, 1.807) is 30.3 Å². The largest absolute Gasteiger partial charge is 0.467 e. The van der Waals surface area contributed by atoms with E-state index in [0.29, 0.717) is 21.8 Å². The number of benzene rings is 1. The van der Waals surface area contributed by atoms with Crippen LogP contribution < -0.4 is 11.3 Å². The lowest BCUT2D eigenvalue weighted by Gasteiger charge is -2.12. The molecule has 2 N–H and O–H groups in total. The van der Waals surface area contributed by atoms with Gasteiger partial charge in [-0.05, 0) is 37.3 Å². The number of halogens is 1. The summed E-state index contributed by atoms with van der Waals surface area (Å²) in [5, 5.41) is 9.90. The minimum atomic E-state index is -0.415. The molecule has 0 fully saturated rings. The van der Waals surface area contributed by atoms with E-state index in [-0.39, 0.29) is 29.1 Å². The van der Waals surface area contributed by atoms with Crippen LogP contribution in [-0.2, 0) is 11.3 Å². The molecule has 0 bridgehead atoms. The molecule has 9 heteroatoms. The Labute approximate surface area is 173 Å². The molecule has 1 aromatic carbocycles. The Kier molecular flexibility index (Phi) is 6.02. The second-order valence-electron chi connectivity index (χ2n) is 5.91. The van der Waals surface area contributed by atoms with Crippen LogP contribution >= 0.6 is 27.7 Å². The average molecular weight is 459 g/mol. The summed E-state index contributed by atoms with van der Waals surface area (Å²) in [7, 11) is 0. The van der Waals surface area contributed by atoms with Gasteiger partial charge in [-0.15, -0.1) is 0 Å². The molecule has 0 saturated heterocycles. The second kappa shape index (κ2) is 8.46. The lowest BCUT2D eigenvalue weighted by molar-refractivity contribution is -0.112. The predicted molar refractivity (Wildman–Crippen MR) is 110 cm³/mol. The first-order chi connectivity index (χ1) is 13.4. The third-order valence-corrected chi connectivity index (χ3v) is 5.36. The number of nitrogens with two attached hydrogens (primary N) is 1. The topological polar surface area (TPSA) is 115 Å². The van der Waals surface area contributed by atoms with Gasteiger partial charge in [0.15, 0.2) is 10.9 Å². The maximum atomic E-state index is 13.1. The minimum Gasteiger partial charge on any atom is -0.467 e. The predicted octanol–water partition coefficient (Wildman–Crippen LogP) is 3.22. The number of nitriles is 1. The summed E-state index contributed by atoms with van der Waals surface area (Å²) in [5.74, 6) is 0.105. The Balaban J connectivity index is 2.03. The van der Waals surface area contributed by atoms with Gasteiger partial charge in [-0.3, -0.25) is 14.2 Å². The number of hydrogen-bond acceptors (Lipinski definition) is 7. The van der Waals surface area contributed by atoms with Gasteiger partial charge in [0.2, 0.25) is 0 Å². The number of allylic oxidation sites excluding steroid dienone is 2. The van der Waals surface area contributed by atoms with Crippen LogP contribution in [-0.4, -0.2) is 21.1 Å². The van der Waals surface area contributed by atoms with E-state index in [1.807, 2.05) is 6.07 Å².